The Morgan fingerprint density at radius 3 is 2.78 bits per heavy atom. The van der Waals surface area contributed by atoms with E-state index >= 15 is 0 Å². The van der Waals surface area contributed by atoms with Crippen LogP contribution >= 0.6 is 11.8 Å². The monoisotopic (exact) mass is 273 g/mol. The number of carbonyl (C=O) groups is 1. The van der Waals surface area contributed by atoms with E-state index in [1.807, 2.05) is 11.2 Å². The van der Waals surface area contributed by atoms with Gasteiger partial charge in [-0.15, -0.1) is 0 Å². The van der Waals surface area contributed by atoms with Crippen LogP contribution in [-0.4, -0.2) is 45.1 Å². The minimum absolute atomic E-state index is 0.0191. The van der Waals surface area contributed by atoms with Gasteiger partial charge in [-0.3, -0.25) is 14.6 Å². The van der Waals surface area contributed by atoms with Crippen LogP contribution in [0.5, 0.6) is 0 Å². The van der Waals surface area contributed by atoms with Gasteiger partial charge >= 0.3 is 5.69 Å². The standard InChI is InChI=1S/C10H15N3O4S/c1-10(17,5-18-2)4-12-7(14)6-3-11-9(16)13-8(6)15/h3,17H,4-5H2,1-2H3,(H,12,14)(H2,11,13,15,16). The van der Waals surface area contributed by atoms with Gasteiger partial charge in [0.1, 0.15) is 5.56 Å². The van der Waals surface area contributed by atoms with Crippen molar-refractivity contribution in [2.75, 3.05) is 18.6 Å². The maximum Gasteiger partial charge on any atom is 0.325 e. The number of aliphatic hydroxyl groups is 1. The second kappa shape index (κ2) is 5.87. The molecule has 0 aliphatic heterocycles. The van der Waals surface area contributed by atoms with Gasteiger partial charge < -0.3 is 15.4 Å². The quantitative estimate of drug-likeness (QED) is 0.544. The topological polar surface area (TPSA) is 115 Å². The van der Waals surface area contributed by atoms with Crippen LogP contribution in [0.15, 0.2) is 15.8 Å². The molecule has 100 valence electrons. The van der Waals surface area contributed by atoms with E-state index in [-0.39, 0.29) is 12.1 Å². The van der Waals surface area contributed by atoms with E-state index in [1.54, 1.807) is 6.92 Å². The Balaban J connectivity index is 2.72. The molecule has 1 amide bonds. The van der Waals surface area contributed by atoms with Crippen LogP contribution in [0.1, 0.15) is 17.3 Å². The molecule has 0 spiro atoms. The van der Waals surface area contributed by atoms with Gasteiger partial charge in [0.25, 0.3) is 11.5 Å². The highest BCUT2D eigenvalue weighted by Gasteiger charge is 2.21. The SMILES string of the molecule is CSCC(C)(O)CNC(=O)c1c[nH]c(=O)[nH]c1=O. The smallest absolute Gasteiger partial charge is 0.325 e. The second-order valence-corrected chi connectivity index (χ2v) is 4.96. The van der Waals surface area contributed by atoms with Gasteiger partial charge in [0, 0.05) is 18.5 Å². The Hall–Kier alpha value is -1.54. The third kappa shape index (κ3) is 4.04. The van der Waals surface area contributed by atoms with Crippen LogP contribution in [0, 0.1) is 0 Å². The summed E-state index contributed by atoms with van der Waals surface area (Å²) in [6.07, 6.45) is 2.88. The lowest BCUT2D eigenvalue weighted by molar-refractivity contribution is 0.0724. The largest absolute Gasteiger partial charge is 0.387 e. The summed E-state index contributed by atoms with van der Waals surface area (Å²) in [5.41, 5.74) is -2.69. The molecule has 1 unspecified atom stereocenters. The summed E-state index contributed by atoms with van der Waals surface area (Å²) in [6.45, 7) is 1.60. The molecule has 1 aromatic rings. The highest BCUT2D eigenvalue weighted by molar-refractivity contribution is 7.98. The van der Waals surface area contributed by atoms with Crippen molar-refractivity contribution in [3.8, 4) is 0 Å². The first-order chi connectivity index (χ1) is 8.35. The first-order valence-electron chi connectivity index (χ1n) is 5.17. The van der Waals surface area contributed by atoms with E-state index in [2.05, 4.69) is 10.3 Å². The van der Waals surface area contributed by atoms with Gasteiger partial charge in [-0.25, -0.2) is 4.79 Å². The van der Waals surface area contributed by atoms with E-state index in [9.17, 15) is 19.5 Å². The molecule has 0 radical (unpaired) electrons. The first-order valence-corrected chi connectivity index (χ1v) is 6.56. The highest BCUT2D eigenvalue weighted by Crippen LogP contribution is 2.08. The van der Waals surface area contributed by atoms with Crippen molar-refractivity contribution in [3.63, 3.8) is 0 Å². The molecular weight excluding hydrogens is 258 g/mol. The van der Waals surface area contributed by atoms with Crippen molar-refractivity contribution in [1.82, 2.24) is 15.3 Å². The van der Waals surface area contributed by atoms with E-state index < -0.39 is 22.8 Å². The van der Waals surface area contributed by atoms with E-state index in [0.29, 0.717) is 5.75 Å². The van der Waals surface area contributed by atoms with Gasteiger partial charge in [-0.1, -0.05) is 0 Å². The number of nitrogens with one attached hydrogen (secondary N) is 3. The summed E-state index contributed by atoms with van der Waals surface area (Å²) in [6, 6.07) is 0. The first kappa shape index (κ1) is 14.5. The fourth-order valence-electron chi connectivity index (χ4n) is 1.31. The van der Waals surface area contributed by atoms with Crippen LogP contribution in [0.4, 0.5) is 0 Å². The lowest BCUT2D eigenvalue weighted by atomic mass is 10.1. The molecule has 7 nitrogen and oxygen atoms in total. The third-order valence-electron chi connectivity index (χ3n) is 2.15. The Morgan fingerprint density at radius 2 is 2.22 bits per heavy atom. The van der Waals surface area contributed by atoms with Crippen molar-refractivity contribution in [3.05, 3.63) is 32.6 Å². The number of amides is 1. The second-order valence-electron chi connectivity index (χ2n) is 4.10. The van der Waals surface area contributed by atoms with E-state index in [0.717, 1.165) is 6.20 Å². The number of rotatable bonds is 5. The van der Waals surface area contributed by atoms with Crippen LogP contribution in [0.25, 0.3) is 0 Å². The predicted octanol–water partition coefficient (Wildman–Crippen LogP) is -1.09. The number of hydrogen-bond donors (Lipinski definition) is 4. The molecule has 4 N–H and O–H groups in total. The van der Waals surface area contributed by atoms with Crippen LogP contribution in [0.2, 0.25) is 0 Å². The van der Waals surface area contributed by atoms with Crippen molar-refractivity contribution in [1.29, 1.82) is 0 Å². The molecule has 8 heteroatoms. The normalized spacial score (nSPS) is 13.9. The molecular formula is C10H15N3O4S. The van der Waals surface area contributed by atoms with Crippen LogP contribution < -0.4 is 16.6 Å². The molecule has 0 aromatic carbocycles. The molecule has 1 atom stereocenters. The molecule has 1 heterocycles. The summed E-state index contributed by atoms with van der Waals surface area (Å²) in [4.78, 5) is 37.9. The van der Waals surface area contributed by atoms with E-state index in [4.69, 9.17) is 0 Å². The molecule has 0 aliphatic carbocycles. The Morgan fingerprint density at radius 1 is 1.56 bits per heavy atom. The Kier molecular flexibility index (Phi) is 4.74. The van der Waals surface area contributed by atoms with Gasteiger partial charge in [-0.2, -0.15) is 11.8 Å². The fraction of sp³-hybridized carbons (Fsp3) is 0.500. The third-order valence-corrected chi connectivity index (χ3v) is 3.06. The molecule has 0 bridgehead atoms. The van der Waals surface area contributed by atoms with Crippen molar-refractivity contribution in [2.45, 2.75) is 12.5 Å². The minimum atomic E-state index is -1.05. The Labute approximate surface area is 107 Å². The minimum Gasteiger partial charge on any atom is -0.387 e. The van der Waals surface area contributed by atoms with Crippen molar-refractivity contribution in [2.24, 2.45) is 0 Å². The molecule has 0 fully saturated rings. The summed E-state index contributed by atoms with van der Waals surface area (Å²) >= 11 is 1.44. The zero-order valence-corrected chi connectivity index (χ0v) is 10.9. The lowest BCUT2D eigenvalue weighted by Gasteiger charge is -2.22. The van der Waals surface area contributed by atoms with Crippen LogP contribution in [-0.2, 0) is 0 Å². The Bertz CT molecular complexity index is 534. The molecule has 0 aliphatic rings. The van der Waals surface area contributed by atoms with Gasteiger partial charge in [0.15, 0.2) is 0 Å². The molecule has 0 saturated carbocycles. The average Bonchev–Trinajstić information content (AvgIpc) is 2.26. The predicted molar refractivity (Wildman–Crippen MR) is 69.0 cm³/mol. The summed E-state index contributed by atoms with van der Waals surface area (Å²) in [7, 11) is 0. The zero-order chi connectivity index (χ0) is 13.8. The number of thioether (sulfide) groups is 1. The summed E-state index contributed by atoms with van der Waals surface area (Å²) in [5, 5.41) is 12.3. The number of H-pyrrole nitrogens is 2. The van der Waals surface area contributed by atoms with Crippen molar-refractivity contribution >= 4 is 17.7 Å². The van der Waals surface area contributed by atoms with Gasteiger partial charge in [0.2, 0.25) is 0 Å². The fourth-order valence-corrected chi connectivity index (χ4v) is 2.03. The summed E-state index contributed by atoms with van der Waals surface area (Å²) in [5.74, 6) is -0.191. The maximum atomic E-state index is 11.7. The number of hydrogen-bond acceptors (Lipinski definition) is 5. The maximum absolute atomic E-state index is 11.7. The summed E-state index contributed by atoms with van der Waals surface area (Å²) < 4.78 is 0. The van der Waals surface area contributed by atoms with Crippen molar-refractivity contribution < 1.29 is 9.90 Å². The van der Waals surface area contributed by atoms with Gasteiger partial charge in [-0.05, 0) is 13.2 Å². The van der Waals surface area contributed by atoms with Gasteiger partial charge in [0.05, 0.1) is 5.60 Å². The van der Waals surface area contributed by atoms with Crippen LogP contribution in [0.3, 0.4) is 0 Å². The number of aromatic amines is 2. The highest BCUT2D eigenvalue weighted by atomic mass is 32.2. The molecule has 0 saturated heterocycles. The van der Waals surface area contributed by atoms with E-state index in [1.165, 1.54) is 11.8 Å². The number of carbonyl (C=O) groups excluding carboxylic acids is 1. The average molecular weight is 273 g/mol. The number of aromatic nitrogens is 2. The molecule has 1 aromatic heterocycles. The lowest BCUT2D eigenvalue weighted by Crippen LogP contribution is -2.44. The molecule has 18 heavy (non-hydrogen) atoms. The zero-order valence-electron chi connectivity index (χ0n) is 10.1. The molecule has 1 rings (SSSR count).